The fourth-order valence-electron chi connectivity index (χ4n) is 3.00. The fourth-order valence-corrected chi connectivity index (χ4v) is 3.00. The van der Waals surface area contributed by atoms with Crippen LogP contribution in [0.15, 0.2) is 42.5 Å². The zero-order chi connectivity index (χ0) is 17.3. The Hall–Kier alpha value is -3.07. The van der Waals surface area contributed by atoms with Gasteiger partial charge in [0.2, 0.25) is 0 Å². The molecule has 122 valence electrons. The Morgan fingerprint density at radius 1 is 1.33 bits per heavy atom. The lowest BCUT2D eigenvalue weighted by Crippen LogP contribution is -2.37. The summed E-state index contributed by atoms with van der Waals surface area (Å²) in [6, 6.07) is 13.8. The summed E-state index contributed by atoms with van der Waals surface area (Å²) in [7, 11) is 0. The summed E-state index contributed by atoms with van der Waals surface area (Å²) in [5, 5.41) is 23.6. The minimum atomic E-state index is -0.414. The van der Waals surface area contributed by atoms with Crippen LogP contribution in [0.3, 0.4) is 0 Å². The number of fused-ring (bicyclic) bond motifs is 1. The molecular weight excluding hydrogens is 306 g/mol. The van der Waals surface area contributed by atoms with Crippen molar-refractivity contribution in [1.82, 2.24) is 0 Å². The quantitative estimate of drug-likeness (QED) is 0.676. The monoisotopic (exact) mass is 323 g/mol. The predicted molar refractivity (Wildman–Crippen MR) is 89.9 cm³/mol. The van der Waals surface area contributed by atoms with Gasteiger partial charge in [-0.1, -0.05) is 12.1 Å². The molecule has 1 heterocycles. The van der Waals surface area contributed by atoms with E-state index in [0.29, 0.717) is 23.4 Å². The van der Waals surface area contributed by atoms with Gasteiger partial charge in [-0.05, 0) is 38.1 Å². The molecule has 1 aliphatic heterocycles. The highest BCUT2D eigenvalue weighted by Crippen LogP contribution is 2.42. The normalized spacial score (nSPS) is 18.0. The molecule has 0 unspecified atom stereocenters. The predicted octanol–water partition coefficient (Wildman–Crippen LogP) is 4.18. The second-order valence-corrected chi connectivity index (χ2v) is 6.40. The number of hydrogen-bond acceptors (Lipinski definition) is 5. The van der Waals surface area contributed by atoms with E-state index in [2.05, 4.69) is 11.4 Å². The molecule has 0 bridgehead atoms. The summed E-state index contributed by atoms with van der Waals surface area (Å²) in [6.45, 7) is 3.95. The molecule has 0 fully saturated rings. The Bertz CT molecular complexity index is 840. The van der Waals surface area contributed by atoms with E-state index in [1.165, 1.54) is 6.07 Å². The number of nitro groups is 1. The van der Waals surface area contributed by atoms with Crippen LogP contribution < -0.4 is 10.1 Å². The van der Waals surface area contributed by atoms with Gasteiger partial charge in [-0.15, -0.1) is 0 Å². The van der Waals surface area contributed by atoms with Crippen LogP contribution in [0.1, 0.15) is 37.4 Å². The van der Waals surface area contributed by atoms with Crippen molar-refractivity contribution in [2.24, 2.45) is 0 Å². The van der Waals surface area contributed by atoms with Gasteiger partial charge in [0.25, 0.3) is 5.69 Å². The van der Waals surface area contributed by atoms with E-state index >= 15 is 0 Å². The molecule has 24 heavy (non-hydrogen) atoms. The highest BCUT2D eigenvalue weighted by molar-refractivity contribution is 5.63. The summed E-state index contributed by atoms with van der Waals surface area (Å²) in [5.74, 6) is 0.696. The number of ether oxygens (including phenoxy) is 1. The molecule has 1 aliphatic rings. The maximum absolute atomic E-state index is 11.2. The number of benzene rings is 2. The molecule has 0 radical (unpaired) electrons. The Labute approximate surface area is 139 Å². The van der Waals surface area contributed by atoms with Gasteiger partial charge in [-0.2, -0.15) is 5.26 Å². The summed E-state index contributed by atoms with van der Waals surface area (Å²) in [4.78, 5) is 10.8. The smallest absolute Gasteiger partial charge is 0.292 e. The summed E-state index contributed by atoms with van der Waals surface area (Å²) in [6.07, 6.45) is 0.626. The average Bonchev–Trinajstić information content (AvgIpc) is 2.54. The lowest BCUT2D eigenvalue weighted by Gasteiger charge is -2.38. The largest absolute Gasteiger partial charge is 0.487 e. The van der Waals surface area contributed by atoms with E-state index < -0.39 is 10.5 Å². The number of para-hydroxylation sites is 2. The van der Waals surface area contributed by atoms with Crippen LogP contribution in [0.2, 0.25) is 0 Å². The van der Waals surface area contributed by atoms with Gasteiger partial charge in [-0.25, -0.2) is 0 Å². The molecule has 1 atom stereocenters. The van der Waals surface area contributed by atoms with Crippen LogP contribution in [0.25, 0.3) is 0 Å². The van der Waals surface area contributed by atoms with Crippen molar-refractivity contribution < 1.29 is 9.66 Å². The van der Waals surface area contributed by atoms with Gasteiger partial charge >= 0.3 is 0 Å². The van der Waals surface area contributed by atoms with Gasteiger partial charge in [0.15, 0.2) is 0 Å². The van der Waals surface area contributed by atoms with Crippen LogP contribution in [0.5, 0.6) is 5.75 Å². The van der Waals surface area contributed by atoms with Crippen molar-refractivity contribution in [1.29, 1.82) is 5.26 Å². The standard InChI is InChI=1S/C18H17N3O3/c1-18(2)10-15(13-9-12(11-19)7-8-17(13)24-18)20-14-5-3-4-6-16(14)21(22)23/h3-9,15,20H,10H2,1-2H3/t15-/m1/s1. The number of rotatable bonds is 3. The lowest BCUT2D eigenvalue weighted by atomic mass is 9.88. The summed E-state index contributed by atoms with van der Waals surface area (Å²) >= 11 is 0. The van der Waals surface area contributed by atoms with Crippen LogP contribution in [0, 0.1) is 21.4 Å². The highest BCUT2D eigenvalue weighted by Gasteiger charge is 2.34. The minimum Gasteiger partial charge on any atom is -0.487 e. The first kappa shape index (κ1) is 15.8. The first-order valence-electron chi connectivity index (χ1n) is 7.63. The third-order valence-corrected chi connectivity index (χ3v) is 4.03. The van der Waals surface area contributed by atoms with Crippen LogP contribution in [0.4, 0.5) is 11.4 Å². The Kier molecular flexibility index (Phi) is 3.86. The molecule has 6 nitrogen and oxygen atoms in total. The number of hydrogen-bond donors (Lipinski definition) is 1. The molecule has 3 rings (SSSR count). The molecule has 2 aromatic carbocycles. The summed E-state index contributed by atoms with van der Waals surface area (Å²) in [5.41, 5.74) is 1.44. The van der Waals surface area contributed by atoms with Crippen LogP contribution >= 0.6 is 0 Å². The number of nitrogens with one attached hydrogen (secondary N) is 1. The molecule has 0 aromatic heterocycles. The van der Waals surface area contributed by atoms with Crippen molar-refractivity contribution in [3.63, 3.8) is 0 Å². The highest BCUT2D eigenvalue weighted by atomic mass is 16.6. The molecule has 2 aromatic rings. The first-order valence-corrected chi connectivity index (χ1v) is 7.63. The van der Waals surface area contributed by atoms with Crippen molar-refractivity contribution in [3.8, 4) is 11.8 Å². The van der Waals surface area contributed by atoms with Gasteiger partial charge in [-0.3, -0.25) is 10.1 Å². The van der Waals surface area contributed by atoms with E-state index in [9.17, 15) is 10.1 Å². The van der Waals surface area contributed by atoms with Gasteiger partial charge in [0, 0.05) is 18.1 Å². The molecule has 0 saturated heterocycles. The maximum Gasteiger partial charge on any atom is 0.292 e. The molecule has 0 amide bonds. The molecule has 0 spiro atoms. The number of nitrogens with zero attached hydrogens (tertiary/aromatic N) is 2. The van der Waals surface area contributed by atoms with Crippen LogP contribution in [-0.2, 0) is 0 Å². The number of nitro benzene ring substituents is 1. The van der Waals surface area contributed by atoms with E-state index in [-0.39, 0.29) is 11.7 Å². The molecule has 0 aliphatic carbocycles. The van der Waals surface area contributed by atoms with E-state index in [0.717, 1.165) is 5.56 Å². The van der Waals surface area contributed by atoms with Crippen molar-refractivity contribution in [2.45, 2.75) is 31.9 Å². The second-order valence-electron chi connectivity index (χ2n) is 6.40. The number of anilines is 1. The van der Waals surface area contributed by atoms with Gasteiger partial charge in [0.05, 0.1) is 22.6 Å². The second kappa shape index (κ2) is 5.85. The SMILES string of the molecule is CC1(C)C[C@@H](Nc2ccccc2[N+](=O)[O-])c2cc(C#N)ccc2O1. The number of nitriles is 1. The topological polar surface area (TPSA) is 88.2 Å². The zero-order valence-electron chi connectivity index (χ0n) is 13.4. The fraction of sp³-hybridized carbons (Fsp3) is 0.278. The van der Waals surface area contributed by atoms with Crippen molar-refractivity contribution in [2.75, 3.05) is 5.32 Å². The van der Waals surface area contributed by atoms with E-state index in [1.807, 2.05) is 13.8 Å². The Morgan fingerprint density at radius 3 is 2.79 bits per heavy atom. The molecule has 1 N–H and O–H groups in total. The minimum absolute atomic E-state index is 0.0276. The van der Waals surface area contributed by atoms with Crippen molar-refractivity contribution >= 4 is 11.4 Å². The Morgan fingerprint density at radius 2 is 2.08 bits per heavy atom. The zero-order valence-corrected chi connectivity index (χ0v) is 13.4. The third kappa shape index (κ3) is 3.01. The molecule has 0 saturated carbocycles. The third-order valence-electron chi connectivity index (χ3n) is 4.03. The van der Waals surface area contributed by atoms with E-state index in [4.69, 9.17) is 10.00 Å². The molecular formula is C18H17N3O3. The lowest BCUT2D eigenvalue weighted by molar-refractivity contribution is -0.384. The Balaban J connectivity index is 2.03. The summed E-state index contributed by atoms with van der Waals surface area (Å²) < 4.78 is 5.98. The average molecular weight is 323 g/mol. The van der Waals surface area contributed by atoms with Gasteiger partial charge in [0.1, 0.15) is 17.0 Å². The van der Waals surface area contributed by atoms with Crippen molar-refractivity contribution in [3.05, 3.63) is 63.7 Å². The molecule has 6 heteroatoms. The van der Waals surface area contributed by atoms with E-state index in [1.54, 1.807) is 36.4 Å². The first-order chi connectivity index (χ1) is 11.4. The maximum atomic E-state index is 11.2. The van der Waals surface area contributed by atoms with Gasteiger partial charge < -0.3 is 10.1 Å². The van der Waals surface area contributed by atoms with Crippen LogP contribution in [-0.4, -0.2) is 10.5 Å².